The van der Waals surface area contributed by atoms with Crippen LogP contribution in [-0.2, 0) is 4.79 Å². The van der Waals surface area contributed by atoms with E-state index >= 15 is 0 Å². The van der Waals surface area contributed by atoms with Gasteiger partial charge in [0.15, 0.2) is 11.5 Å². The number of rotatable bonds is 6. The molecule has 3 N–H and O–H groups in total. The second-order valence-corrected chi connectivity index (χ2v) is 9.78. The number of hydrogen-bond acceptors (Lipinski definition) is 6. The molecule has 0 bridgehead atoms. The zero-order chi connectivity index (χ0) is 26.6. The van der Waals surface area contributed by atoms with E-state index in [-0.39, 0.29) is 12.5 Å². The van der Waals surface area contributed by atoms with E-state index in [2.05, 4.69) is 4.98 Å². The molecule has 1 saturated heterocycles. The maximum atomic E-state index is 14.3. The Hall–Kier alpha value is -4.01. The van der Waals surface area contributed by atoms with E-state index in [1.54, 1.807) is 21.3 Å². The summed E-state index contributed by atoms with van der Waals surface area (Å²) in [7, 11) is 4.67. The van der Waals surface area contributed by atoms with Crippen LogP contribution >= 0.6 is 0 Å². The molecule has 1 aromatic heterocycles. The first kappa shape index (κ1) is 24.3. The summed E-state index contributed by atoms with van der Waals surface area (Å²) in [6.45, 7) is -0.212. The highest BCUT2D eigenvalue weighted by Crippen LogP contribution is 2.57. The molecule has 0 radical (unpaired) electrons. The molecule has 1 aliphatic heterocycles. The minimum atomic E-state index is -1.11. The third kappa shape index (κ3) is 3.40. The number of carbonyl (C=O) groups excluding carboxylic acids is 1. The number of amides is 1. The number of hydrogen-bond donors (Lipinski definition) is 3. The van der Waals surface area contributed by atoms with Gasteiger partial charge < -0.3 is 29.4 Å². The smallest absolute Gasteiger partial charge is 0.233 e. The van der Waals surface area contributed by atoms with Gasteiger partial charge in [-0.1, -0.05) is 36.4 Å². The molecule has 38 heavy (non-hydrogen) atoms. The second-order valence-electron chi connectivity index (χ2n) is 9.78. The fourth-order valence-electron chi connectivity index (χ4n) is 6.56. The normalized spacial score (nSPS) is 24.3. The Labute approximate surface area is 220 Å². The van der Waals surface area contributed by atoms with Gasteiger partial charge in [-0.2, -0.15) is 0 Å². The molecule has 196 valence electrons. The van der Waals surface area contributed by atoms with E-state index in [0.29, 0.717) is 22.9 Å². The van der Waals surface area contributed by atoms with Crippen LogP contribution in [0, 0.1) is 11.8 Å². The van der Waals surface area contributed by atoms with Crippen LogP contribution in [0.3, 0.4) is 0 Å². The molecule has 1 fully saturated rings. The number of aliphatic hydroxyl groups is 2. The van der Waals surface area contributed by atoms with Crippen molar-refractivity contribution in [3.05, 3.63) is 83.6 Å². The number of nitrogens with one attached hydrogen (secondary N) is 1. The average molecular weight is 515 g/mol. The first-order valence-corrected chi connectivity index (χ1v) is 12.6. The first-order valence-electron chi connectivity index (χ1n) is 12.6. The highest BCUT2D eigenvalue weighted by Gasteiger charge is 2.58. The number of para-hydroxylation sites is 2. The van der Waals surface area contributed by atoms with Crippen molar-refractivity contribution < 1.29 is 29.2 Å². The van der Waals surface area contributed by atoms with Crippen molar-refractivity contribution in [3.8, 4) is 17.2 Å². The summed E-state index contributed by atoms with van der Waals surface area (Å²) in [4.78, 5) is 19.3. The van der Waals surface area contributed by atoms with E-state index in [4.69, 9.17) is 14.2 Å². The summed E-state index contributed by atoms with van der Waals surface area (Å²) in [5, 5.41) is 23.3. The van der Waals surface area contributed by atoms with Gasteiger partial charge in [-0.25, -0.2) is 0 Å². The lowest BCUT2D eigenvalue weighted by Crippen LogP contribution is -2.39. The Balaban J connectivity index is 1.63. The van der Waals surface area contributed by atoms with Crippen molar-refractivity contribution >= 4 is 22.5 Å². The van der Waals surface area contributed by atoms with Crippen LogP contribution < -0.4 is 19.1 Å². The number of methoxy groups -OCH3 is 3. The molecule has 1 unspecified atom stereocenters. The maximum absolute atomic E-state index is 14.3. The summed E-state index contributed by atoms with van der Waals surface area (Å²) in [5.74, 6) is -0.880. The van der Waals surface area contributed by atoms with Crippen molar-refractivity contribution in [1.29, 1.82) is 0 Å². The monoisotopic (exact) mass is 514 g/mol. The molecule has 8 nitrogen and oxygen atoms in total. The lowest BCUT2D eigenvalue weighted by molar-refractivity contribution is -0.121. The van der Waals surface area contributed by atoms with Gasteiger partial charge in [0.25, 0.3) is 0 Å². The van der Waals surface area contributed by atoms with E-state index in [9.17, 15) is 15.0 Å². The zero-order valence-electron chi connectivity index (χ0n) is 21.4. The van der Waals surface area contributed by atoms with Gasteiger partial charge in [-0.3, -0.25) is 9.69 Å². The Morgan fingerprint density at radius 2 is 1.58 bits per heavy atom. The minimum absolute atomic E-state index is 0.193. The van der Waals surface area contributed by atoms with Gasteiger partial charge in [0, 0.05) is 40.0 Å². The number of H-pyrrole nitrogens is 1. The number of aromatic amines is 1. The molecule has 4 aromatic rings. The average Bonchev–Trinajstić information content (AvgIpc) is 3.46. The van der Waals surface area contributed by atoms with Crippen LogP contribution in [-0.4, -0.2) is 55.3 Å². The number of carbonyl (C=O) groups is 1. The Morgan fingerprint density at radius 3 is 2.21 bits per heavy atom. The molecule has 3 aromatic carbocycles. The number of aliphatic hydroxyl groups excluding tert-OH is 2. The fourth-order valence-corrected chi connectivity index (χ4v) is 6.56. The molecular weight excluding hydrogens is 484 g/mol. The molecule has 1 aliphatic carbocycles. The van der Waals surface area contributed by atoms with Crippen LogP contribution in [0.25, 0.3) is 10.9 Å². The SMILES string of the molecule is COc1cc([C@H]2c3c([nH]c4ccccc34)[C@H](CO)[C@H]3C(O)N(c4ccccc4)C(=O)[C@@H]23)cc(OC)c1OC. The van der Waals surface area contributed by atoms with Crippen molar-refractivity contribution in [2.75, 3.05) is 32.8 Å². The van der Waals surface area contributed by atoms with Gasteiger partial charge in [0.05, 0.1) is 33.9 Å². The summed E-state index contributed by atoms with van der Waals surface area (Å²) >= 11 is 0. The quantitative estimate of drug-likeness (QED) is 0.359. The highest BCUT2D eigenvalue weighted by atomic mass is 16.5. The second kappa shape index (κ2) is 9.38. The van der Waals surface area contributed by atoms with Gasteiger partial charge in [-0.05, 0) is 41.5 Å². The molecular formula is C30H30N2O6. The molecule has 2 aliphatic rings. The Kier molecular flexibility index (Phi) is 6.01. The third-order valence-electron chi connectivity index (χ3n) is 8.11. The summed E-state index contributed by atoms with van der Waals surface area (Å²) < 4.78 is 16.9. The van der Waals surface area contributed by atoms with Gasteiger partial charge in [-0.15, -0.1) is 0 Å². The van der Waals surface area contributed by atoms with Gasteiger partial charge in [0.2, 0.25) is 11.7 Å². The molecule has 8 heteroatoms. The Bertz CT molecular complexity index is 1470. The predicted octanol–water partition coefficient (Wildman–Crippen LogP) is 4.01. The highest BCUT2D eigenvalue weighted by molar-refractivity contribution is 6.00. The van der Waals surface area contributed by atoms with Crippen molar-refractivity contribution in [2.24, 2.45) is 11.8 Å². The molecule has 0 spiro atoms. The lowest BCUT2D eigenvalue weighted by atomic mass is 9.64. The van der Waals surface area contributed by atoms with Crippen molar-refractivity contribution in [2.45, 2.75) is 18.1 Å². The molecule has 0 saturated carbocycles. The van der Waals surface area contributed by atoms with E-state index in [1.807, 2.05) is 66.7 Å². The largest absolute Gasteiger partial charge is 0.493 e. The number of aromatic nitrogens is 1. The zero-order valence-corrected chi connectivity index (χ0v) is 21.4. The molecule has 5 atom stereocenters. The van der Waals surface area contributed by atoms with Gasteiger partial charge >= 0.3 is 0 Å². The van der Waals surface area contributed by atoms with Crippen LogP contribution in [0.5, 0.6) is 17.2 Å². The number of fused-ring (bicyclic) bond motifs is 4. The van der Waals surface area contributed by atoms with E-state index in [0.717, 1.165) is 27.7 Å². The predicted molar refractivity (Wildman–Crippen MR) is 143 cm³/mol. The van der Waals surface area contributed by atoms with E-state index in [1.165, 1.54) is 4.90 Å². The number of ether oxygens (including phenoxy) is 3. The van der Waals surface area contributed by atoms with Crippen molar-refractivity contribution in [3.63, 3.8) is 0 Å². The standard InChI is InChI=1S/C30H30N2O6/c1-36-21-13-16(14-22(37-2)28(21)38-3)23-24-18-11-7-8-12-20(18)31-27(24)19(15-33)25-26(23)30(35)32(29(25)34)17-9-5-4-6-10-17/h4-14,19,23,25-26,29,31,33-34H,15H2,1-3H3/t19-,23+,25-,26+,29?/m1/s1. The molecule has 2 heterocycles. The van der Waals surface area contributed by atoms with Crippen LogP contribution in [0.4, 0.5) is 5.69 Å². The molecule has 1 amide bonds. The summed E-state index contributed by atoms with van der Waals surface area (Å²) in [6.07, 6.45) is -1.11. The topological polar surface area (TPSA) is 104 Å². The number of nitrogens with zero attached hydrogens (tertiary/aromatic N) is 1. The summed E-state index contributed by atoms with van der Waals surface area (Å²) in [6, 6.07) is 20.8. The van der Waals surface area contributed by atoms with Crippen LogP contribution in [0.2, 0.25) is 0 Å². The minimum Gasteiger partial charge on any atom is -0.493 e. The van der Waals surface area contributed by atoms with Crippen LogP contribution in [0.1, 0.15) is 28.7 Å². The fraction of sp³-hybridized carbons (Fsp3) is 0.300. The third-order valence-corrected chi connectivity index (χ3v) is 8.11. The number of anilines is 1. The van der Waals surface area contributed by atoms with Gasteiger partial charge in [0.1, 0.15) is 6.23 Å². The van der Waals surface area contributed by atoms with Crippen molar-refractivity contribution in [1.82, 2.24) is 4.98 Å². The Morgan fingerprint density at radius 1 is 0.921 bits per heavy atom. The lowest BCUT2D eigenvalue weighted by Gasteiger charge is -2.38. The van der Waals surface area contributed by atoms with Crippen LogP contribution in [0.15, 0.2) is 66.7 Å². The molecule has 6 rings (SSSR count). The first-order chi connectivity index (χ1) is 18.5. The van der Waals surface area contributed by atoms with E-state index < -0.39 is 29.9 Å². The summed E-state index contributed by atoms with van der Waals surface area (Å²) in [5.41, 5.74) is 4.09. The maximum Gasteiger partial charge on any atom is 0.233 e. The number of benzene rings is 3.